The van der Waals surface area contributed by atoms with Crippen molar-refractivity contribution < 1.29 is 63.9 Å². The van der Waals surface area contributed by atoms with Gasteiger partial charge >= 0.3 is 23.9 Å². The summed E-state index contributed by atoms with van der Waals surface area (Å²) in [5.41, 5.74) is 17.9. The van der Waals surface area contributed by atoms with E-state index in [4.69, 9.17) is 19.9 Å². The van der Waals surface area contributed by atoms with Crippen molar-refractivity contribution in [2.45, 2.75) is 112 Å². The van der Waals surface area contributed by atoms with Gasteiger partial charge in [-0.25, -0.2) is 59.0 Å². The van der Waals surface area contributed by atoms with Crippen LogP contribution in [0.3, 0.4) is 0 Å². The number of rotatable bonds is 24. The monoisotopic (exact) mass is 1850 g/mol. The molecule has 0 saturated heterocycles. The number of benzene rings is 8. The number of carboxylic acids is 4. The van der Waals surface area contributed by atoms with Gasteiger partial charge in [0.2, 0.25) is 0 Å². The normalized spacial score (nSPS) is 13.1. The average Bonchev–Trinajstić information content (AvgIpc) is 1.62. The molecule has 4 aliphatic rings. The first-order valence-corrected chi connectivity index (χ1v) is 45.3. The Labute approximate surface area is 799 Å². The topological polar surface area (TPSA) is 398 Å². The molecule has 1 atom stereocenters. The van der Waals surface area contributed by atoms with Gasteiger partial charge in [0, 0.05) is 121 Å². The van der Waals surface area contributed by atoms with E-state index in [1.54, 1.807) is 125 Å². The fourth-order valence-corrected chi connectivity index (χ4v) is 17.5. The van der Waals surface area contributed by atoms with E-state index in [0.29, 0.717) is 118 Å². The lowest BCUT2D eigenvalue weighted by Gasteiger charge is -2.17. The molecule has 31 heteroatoms. The third-order valence-corrected chi connectivity index (χ3v) is 24.8. The van der Waals surface area contributed by atoms with Crippen molar-refractivity contribution in [2.75, 3.05) is 50.9 Å². The van der Waals surface area contributed by atoms with E-state index in [9.17, 15) is 63.9 Å². The average molecular weight is 1860 g/mol. The zero-order valence-electron chi connectivity index (χ0n) is 77.7. The van der Waals surface area contributed by atoms with Gasteiger partial charge in [-0.05, 0) is 249 Å². The van der Waals surface area contributed by atoms with E-state index in [1.807, 2.05) is 208 Å². The SMILES string of the molecule is CC(CO)n1ccnc1-c1cccc(N2Cc3ccc(-c4cccc(C(=O)O)c4)cc3C2=O)n1.CCc1ccc(-c2ccc3c(c2)C(=O)N(c2cccc(-c4nccn4C(C)C)n2)C3)cc1C(=O)O.CNc1cc(C(=O)O)cc(-c2ccc3c(c2)C(=O)N(c2cccc(-c4nccn4C(C)C)n2)C3)c1.CNc1ccc(C(=O)O)cc1-c1ccc2c(c1)C(=O)N(c1cccc(-c3nccn3C(C)C)n1)C2. The summed E-state index contributed by atoms with van der Waals surface area (Å²) in [6.45, 7) is 17.9. The van der Waals surface area contributed by atoms with E-state index in [-0.39, 0.29) is 71.1 Å². The van der Waals surface area contributed by atoms with Crippen LogP contribution in [0.1, 0.15) is 190 Å². The minimum atomic E-state index is -1.00. The minimum absolute atomic E-state index is 0.0271. The van der Waals surface area contributed by atoms with Gasteiger partial charge in [-0.3, -0.25) is 38.8 Å². The Morgan fingerprint density at radius 3 is 1.06 bits per heavy atom. The van der Waals surface area contributed by atoms with Crippen molar-refractivity contribution in [2.24, 2.45) is 0 Å². The standard InChI is InChI=1S/C28H26N4O3.2C27H25N5O3.C26H22N4O4/c1-4-18-8-9-20(15-23(18)28(34)35)19-10-11-21-16-32(27(33)22(21)14-19)25-7-5-6-24(30-25)26-29-12-13-31(26)17(2)3;1-16(2)31-10-9-29-25(31)23-5-4-6-24(30-23)32-15-18-8-7-17(14-22(18)26(32)33)19-11-20(27(34)35)13-21(12-19)28-3;1-16(2)31-12-11-29-25(31)23-5-4-6-24(30-23)32-15-19-8-7-17(13-21(19)26(32)33)20-14-18(27(34)35)9-10-22(20)28-3;1-16(15-31)29-11-10-27-24(29)22-6-3-7-23(28-22)30-14-20-9-8-18(13-21(20)25(30)32)17-4-2-5-19(12-17)26(33)34/h5-15,17H,4,16H2,1-3H3,(H,34,35);2*4-14,16,28H,15H2,1-3H3,(H,34,35);2-13,16,31H,14-15H2,1H3,(H,33,34). The molecule has 0 fully saturated rings. The molecule has 0 radical (unpaired) electrons. The number of aromatic carboxylic acids is 4. The van der Waals surface area contributed by atoms with Crippen LogP contribution in [0.25, 0.3) is 90.6 Å². The van der Waals surface area contributed by atoms with Crippen molar-refractivity contribution >= 4 is 82.2 Å². The van der Waals surface area contributed by atoms with Gasteiger partial charge < -0.3 is 54.4 Å². The minimum Gasteiger partial charge on any atom is -0.478 e. The number of nitrogens with zero attached hydrogens (tertiary/aromatic N) is 16. The van der Waals surface area contributed by atoms with Gasteiger partial charge in [0.25, 0.3) is 23.6 Å². The van der Waals surface area contributed by atoms with Crippen LogP contribution < -0.4 is 30.2 Å². The molecule has 7 N–H and O–H groups in total. The second-order valence-electron chi connectivity index (χ2n) is 34.6. The second kappa shape index (κ2) is 39.6. The summed E-state index contributed by atoms with van der Waals surface area (Å²) in [6.07, 6.45) is 15.1. The van der Waals surface area contributed by atoms with E-state index < -0.39 is 23.9 Å². The Balaban J connectivity index is 0.000000128. The lowest BCUT2D eigenvalue weighted by molar-refractivity contribution is 0.0685. The molecule has 139 heavy (non-hydrogen) atoms. The maximum Gasteiger partial charge on any atom is 0.335 e. The van der Waals surface area contributed by atoms with Crippen molar-refractivity contribution in [3.63, 3.8) is 0 Å². The Kier molecular flexibility index (Phi) is 26.6. The molecule has 698 valence electrons. The van der Waals surface area contributed by atoms with Crippen LogP contribution in [0, 0.1) is 0 Å². The van der Waals surface area contributed by atoms with Gasteiger partial charge in [-0.15, -0.1) is 0 Å². The van der Waals surface area contributed by atoms with Crippen LogP contribution in [0.2, 0.25) is 0 Å². The molecular formula is C108H98N18O13. The third-order valence-electron chi connectivity index (χ3n) is 24.8. The zero-order valence-corrected chi connectivity index (χ0v) is 77.7. The zero-order chi connectivity index (χ0) is 97.9. The highest BCUT2D eigenvalue weighted by molar-refractivity contribution is 6.13. The molecule has 1 unspecified atom stereocenters. The molecule has 4 aliphatic heterocycles. The number of imidazole rings is 4. The third kappa shape index (κ3) is 19.0. The number of carbonyl (C=O) groups excluding carboxylic acids is 4. The quantitative estimate of drug-likeness (QED) is 0.0295. The number of aryl methyl sites for hydroxylation is 1. The predicted octanol–water partition coefficient (Wildman–Crippen LogP) is 19.8. The summed E-state index contributed by atoms with van der Waals surface area (Å²) in [5, 5.41) is 53.4. The number of aliphatic hydroxyl groups excluding tert-OH is 1. The largest absolute Gasteiger partial charge is 0.478 e. The molecule has 0 bridgehead atoms. The first kappa shape index (κ1) is 93.3. The maximum atomic E-state index is 13.4. The Morgan fingerprint density at radius 1 is 0.338 bits per heavy atom. The Bertz CT molecular complexity index is 7530. The second-order valence-corrected chi connectivity index (χ2v) is 34.6. The first-order valence-electron chi connectivity index (χ1n) is 45.3. The fraction of sp³-hybridized carbons (Fsp3) is 0.185. The lowest BCUT2D eigenvalue weighted by Crippen LogP contribution is -2.24. The van der Waals surface area contributed by atoms with Gasteiger partial charge in [-0.1, -0.05) is 104 Å². The number of amides is 4. The molecule has 12 heterocycles. The summed E-state index contributed by atoms with van der Waals surface area (Å²) in [6, 6.07) is 67.5. The van der Waals surface area contributed by atoms with Crippen LogP contribution >= 0.6 is 0 Å². The summed E-state index contributed by atoms with van der Waals surface area (Å²) in [4.78, 5) is 143. The van der Waals surface area contributed by atoms with Gasteiger partial charge in [0.1, 0.15) is 46.0 Å². The Hall–Kier alpha value is -17.5. The summed E-state index contributed by atoms with van der Waals surface area (Å²) < 4.78 is 7.99. The van der Waals surface area contributed by atoms with Crippen LogP contribution in [0.5, 0.6) is 0 Å². The number of hydrogen-bond acceptors (Lipinski definition) is 19. The van der Waals surface area contributed by atoms with Crippen LogP contribution in [0.15, 0.2) is 274 Å². The highest BCUT2D eigenvalue weighted by atomic mass is 16.4. The number of nitrogens with one attached hydrogen (secondary N) is 2. The predicted molar refractivity (Wildman–Crippen MR) is 531 cm³/mol. The smallest absolute Gasteiger partial charge is 0.335 e. The molecule has 8 aromatic carbocycles. The molecule has 20 rings (SSSR count). The number of aromatic nitrogens is 12. The fourth-order valence-electron chi connectivity index (χ4n) is 17.5. The van der Waals surface area contributed by atoms with Crippen molar-refractivity contribution in [1.82, 2.24) is 58.1 Å². The molecule has 0 saturated carbocycles. The van der Waals surface area contributed by atoms with E-state index in [2.05, 4.69) is 72.1 Å². The number of anilines is 6. The number of fused-ring (bicyclic) bond motifs is 4. The van der Waals surface area contributed by atoms with Gasteiger partial charge in [0.05, 0.1) is 61.1 Å². The van der Waals surface area contributed by atoms with E-state index in [1.165, 1.54) is 6.07 Å². The summed E-state index contributed by atoms with van der Waals surface area (Å²) in [7, 11) is 3.52. The van der Waals surface area contributed by atoms with Crippen LogP contribution in [-0.4, -0.2) is 152 Å². The van der Waals surface area contributed by atoms with Gasteiger partial charge in [0.15, 0.2) is 23.3 Å². The number of aliphatic hydroxyl groups is 1. The highest BCUT2D eigenvalue weighted by Crippen LogP contribution is 2.41. The first-order chi connectivity index (χ1) is 67.0. The number of pyridine rings is 4. The molecule has 0 aliphatic carbocycles. The lowest BCUT2D eigenvalue weighted by atomic mass is 9.96. The summed E-state index contributed by atoms with van der Waals surface area (Å²) >= 11 is 0. The number of carboxylic acid groups (broad SMARTS) is 4. The number of hydrogen-bond donors (Lipinski definition) is 7. The van der Waals surface area contributed by atoms with Crippen molar-refractivity contribution in [3.8, 4) is 90.6 Å². The van der Waals surface area contributed by atoms with Crippen LogP contribution in [-0.2, 0) is 32.6 Å². The molecule has 16 aromatic rings. The molecule has 8 aromatic heterocycles. The molecular weight excluding hydrogens is 1760 g/mol. The highest BCUT2D eigenvalue weighted by Gasteiger charge is 2.36. The van der Waals surface area contributed by atoms with Crippen molar-refractivity contribution in [1.29, 1.82) is 0 Å². The maximum absolute atomic E-state index is 13.4. The van der Waals surface area contributed by atoms with Gasteiger partial charge in [-0.2, -0.15) is 0 Å². The Morgan fingerprint density at radius 2 is 0.683 bits per heavy atom. The summed E-state index contributed by atoms with van der Waals surface area (Å²) in [5.74, 6) is 0.596. The molecule has 0 spiro atoms. The number of carbonyl (C=O) groups is 8. The van der Waals surface area contributed by atoms with E-state index >= 15 is 0 Å². The van der Waals surface area contributed by atoms with Crippen LogP contribution in [0.4, 0.5) is 34.6 Å². The molecule has 4 amide bonds. The molecule has 31 nitrogen and oxygen atoms in total. The van der Waals surface area contributed by atoms with E-state index in [0.717, 1.165) is 95.5 Å². The van der Waals surface area contributed by atoms with Crippen molar-refractivity contribution in [3.05, 3.63) is 346 Å².